The molecule has 1 N–H and O–H groups in total. The summed E-state index contributed by atoms with van der Waals surface area (Å²) in [5.74, 6) is -1.07. The van der Waals surface area contributed by atoms with Crippen molar-refractivity contribution >= 4 is 23.5 Å². The summed E-state index contributed by atoms with van der Waals surface area (Å²) in [4.78, 5) is 41.1. The summed E-state index contributed by atoms with van der Waals surface area (Å²) in [6.07, 6.45) is 0.170. The number of carbonyl (C=O) groups is 3. The van der Waals surface area contributed by atoms with E-state index in [4.69, 9.17) is 4.74 Å². The second-order valence-electron chi connectivity index (χ2n) is 9.77. The van der Waals surface area contributed by atoms with E-state index in [1.165, 1.54) is 0 Å². The third-order valence-corrected chi connectivity index (χ3v) is 7.18. The normalized spacial score (nSPS) is 15.4. The summed E-state index contributed by atoms with van der Waals surface area (Å²) in [7, 11) is 0. The number of nitrogens with one attached hydrogen (secondary N) is 1. The second kappa shape index (κ2) is 11.5. The lowest BCUT2D eigenvalue weighted by molar-refractivity contribution is -0.140. The van der Waals surface area contributed by atoms with Crippen LogP contribution in [0.15, 0.2) is 78.0 Å². The molecule has 3 aromatic carbocycles. The average molecular weight is 511 g/mol. The van der Waals surface area contributed by atoms with Crippen molar-refractivity contribution in [2.45, 2.75) is 53.5 Å². The Balaban J connectivity index is 1.62. The van der Waals surface area contributed by atoms with E-state index >= 15 is 0 Å². The number of aryl methyl sites for hydroxylation is 3. The van der Waals surface area contributed by atoms with Crippen LogP contribution >= 0.6 is 0 Å². The quantitative estimate of drug-likeness (QED) is 0.383. The monoisotopic (exact) mass is 510 g/mol. The number of hydrogen-bond donors (Lipinski definition) is 1. The highest BCUT2D eigenvalue weighted by molar-refractivity contribution is 6.04. The first-order valence-electron chi connectivity index (χ1n) is 12.9. The molecule has 4 rings (SSSR count). The predicted molar refractivity (Wildman–Crippen MR) is 149 cm³/mol. The number of benzene rings is 3. The zero-order valence-corrected chi connectivity index (χ0v) is 22.6. The first-order valence-corrected chi connectivity index (χ1v) is 12.9. The summed E-state index contributed by atoms with van der Waals surface area (Å²) in [5.41, 5.74) is 7.34. The van der Waals surface area contributed by atoms with Crippen molar-refractivity contribution in [2.24, 2.45) is 0 Å². The number of anilines is 1. The van der Waals surface area contributed by atoms with Gasteiger partial charge in [0, 0.05) is 29.3 Å². The molecule has 0 saturated heterocycles. The maximum atomic E-state index is 13.4. The van der Waals surface area contributed by atoms with Crippen molar-refractivity contribution in [1.82, 2.24) is 4.90 Å². The van der Waals surface area contributed by atoms with Gasteiger partial charge in [-0.05, 0) is 86.7 Å². The van der Waals surface area contributed by atoms with Gasteiger partial charge < -0.3 is 15.0 Å². The number of allylic oxidation sites excluding steroid dienone is 1. The second-order valence-corrected chi connectivity index (χ2v) is 9.77. The van der Waals surface area contributed by atoms with Gasteiger partial charge in [-0.2, -0.15) is 0 Å². The zero-order valence-electron chi connectivity index (χ0n) is 22.6. The molecule has 0 radical (unpaired) electrons. The predicted octanol–water partition coefficient (Wildman–Crippen LogP) is 6.22. The zero-order chi connectivity index (χ0) is 27.4. The van der Waals surface area contributed by atoms with Crippen LogP contribution in [0, 0.1) is 20.8 Å². The van der Waals surface area contributed by atoms with Gasteiger partial charge in [-0.3, -0.25) is 9.59 Å². The van der Waals surface area contributed by atoms with Crippen LogP contribution in [0.2, 0.25) is 0 Å². The minimum Gasteiger partial charge on any atom is -0.463 e. The van der Waals surface area contributed by atoms with Gasteiger partial charge in [0.2, 0.25) is 5.91 Å². The maximum absolute atomic E-state index is 13.4. The Morgan fingerprint density at radius 1 is 0.921 bits per heavy atom. The van der Waals surface area contributed by atoms with Crippen molar-refractivity contribution in [3.05, 3.63) is 111 Å². The Morgan fingerprint density at radius 3 is 2.39 bits per heavy atom. The molecule has 38 heavy (non-hydrogen) atoms. The van der Waals surface area contributed by atoms with Crippen LogP contribution in [-0.4, -0.2) is 29.3 Å². The van der Waals surface area contributed by atoms with Crippen LogP contribution in [0.1, 0.15) is 64.4 Å². The molecule has 1 aliphatic heterocycles. The minimum absolute atomic E-state index is 0.0752. The van der Waals surface area contributed by atoms with Crippen molar-refractivity contribution in [3.8, 4) is 0 Å². The summed E-state index contributed by atoms with van der Waals surface area (Å²) in [6.45, 7) is 10.1. The Labute approximate surface area is 224 Å². The number of nitrogens with zero attached hydrogens (tertiary/aromatic N) is 1. The fraction of sp³-hybridized carbons (Fsp3) is 0.281. The molecule has 0 bridgehead atoms. The van der Waals surface area contributed by atoms with Gasteiger partial charge in [-0.1, -0.05) is 42.5 Å². The van der Waals surface area contributed by atoms with Crippen LogP contribution < -0.4 is 5.32 Å². The third-order valence-electron chi connectivity index (χ3n) is 7.18. The molecule has 3 aromatic rings. The SMILES string of the molecule is CCOC(=O)C1=C(C)N(Cc2cccc(C(=O)Nc3ccc(C)c(C)c3)c2)C(=O)CC1c1ccccc1C. The number of amides is 2. The van der Waals surface area contributed by atoms with E-state index in [9.17, 15) is 14.4 Å². The fourth-order valence-electron chi connectivity index (χ4n) is 4.94. The van der Waals surface area contributed by atoms with E-state index in [0.29, 0.717) is 16.8 Å². The lowest BCUT2D eigenvalue weighted by Crippen LogP contribution is -2.38. The molecule has 0 fully saturated rings. The molecule has 2 amide bonds. The highest BCUT2D eigenvalue weighted by Gasteiger charge is 2.37. The van der Waals surface area contributed by atoms with Crippen LogP contribution in [-0.2, 0) is 20.9 Å². The van der Waals surface area contributed by atoms with Crippen LogP contribution in [0.4, 0.5) is 5.69 Å². The maximum Gasteiger partial charge on any atom is 0.336 e. The summed E-state index contributed by atoms with van der Waals surface area (Å²) < 4.78 is 5.41. The Morgan fingerprint density at radius 2 is 1.68 bits per heavy atom. The lowest BCUT2D eigenvalue weighted by atomic mass is 9.81. The molecule has 6 heteroatoms. The number of carbonyl (C=O) groups excluding carboxylic acids is 3. The summed E-state index contributed by atoms with van der Waals surface area (Å²) in [6, 6.07) is 20.8. The molecule has 0 aliphatic carbocycles. The molecule has 1 atom stereocenters. The first kappa shape index (κ1) is 26.9. The minimum atomic E-state index is -0.405. The average Bonchev–Trinajstić information content (AvgIpc) is 2.89. The van der Waals surface area contributed by atoms with E-state index in [2.05, 4.69) is 5.32 Å². The van der Waals surface area contributed by atoms with Gasteiger partial charge in [0.05, 0.1) is 18.7 Å². The Hall–Kier alpha value is -4.19. The van der Waals surface area contributed by atoms with Gasteiger partial charge in [0.1, 0.15) is 0 Å². The molecule has 6 nitrogen and oxygen atoms in total. The van der Waals surface area contributed by atoms with Crippen molar-refractivity contribution < 1.29 is 19.1 Å². The fourth-order valence-corrected chi connectivity index (χ4v) is 4.94. The summed E-state index contributed by atoms with van der Waals surface area (Å²) in [5, 5.41) is 2.95. The van der Waals surface area contributed by atoms with Crippen molar-refractivity contribution in [3.63, 3.8) is 0 Å². The van der Waals surface area contributed by atoms with Crippen LogP contribution in [0.25, 0.3) is 0 Å². The van der Waals surface area contributed by atoms with Gasteiger partial charge in [0.25, 0.3) is 5.91 Å². The number of hydrogen-bond acceptors (Lipinski definition) is 4. The molecule has 1 aliphatic rings. The van der Waals surface area contributed by atoms with E-state index in [-0.39, 0.29) is 37.3 Å². The highest BCUT2D eigenvalue weighted by Crippen LogP contribution is 2.39. The van der Waals surface area contributed by atoms with Gasteiger partial charge in [0.15, 0.2) is 0 Å². The Kier molecular flexibility index (Phi) is 8.10. The lowest BCUT2D eigenvalue weighted by Gasteiger charge is -2.35. The molecule has 196 valence electrons. The number of esters is 1. The summed E-state index contributed by atoms with van der Waals surface area (Å²) >= 11 is 0. The molecule has 0 spiro atoms. The highest BCUT2D eigenvalue weighted by atomic mass is 16.5. The number of rotatable bonds is 7. The molecule has 0 aromatic heterocycles. The van der Waals surface area contributed by atoms with Gasteiger partial charge in [-0.15, -0.1) is 0 Å². The van der Waals surface area contributed by atoms with E-state index in [0.717, 1.165) is 33.5 Å². The van der Waals surface area contributed by atoms with Gasteiger partial charge >= 0.3 is 5.97 Å². The van der Waals surface area contributed by atoms with E-state index in [1.54, 1.807) is 36.9 Å². The largest absolute Gasteiger partial charge is 0.463 e. The third kappa shape index (κ3) is 5.70. The molecule has 1 heterocycles. The Bertz CT molecular complexity index is 1420. The first-order chi connectivity index (χ1) is 18.2. The van der Waals surface area contributed by atoms with Crippen LogP contribution in [0.5, 0.6) is 0 Å². The topological polar surface area (TPSA) is 75.7 Å². The van der Waals surface area contributed by atoms with E-state index < -0.39 is 5.97 Å². The molecular formula is C32H34N2O4. The standard InChI is InChI=1S/C32H34N2O4/c1-6-38-32(37)30-23(5)34(29(35)18-28(30)27-13-8-7-10-21(27)3)19-24-11-9-12-25(17-24)31(36)33-26-15-14-20(2)22(4)16-26/h7-17,28H,6,18-19H2,1-5H3,(H,33,36). The van der Waals surface area contributed by atoms with E-state index in [1.807, 2.05) is 69.3 Å². The molecule has 1 unspecified atom stereocenters. The smallest absolute Gasteiger partial charge is 0.336 e. The molecular weight excluding hydrogens is 476 g/mol. The van der Waals surface area contributed by atoms with Gasteiger partial charge in [-0.25, -0.2) is 4.79 Å². The van der Waals surface area contributed by atoms with Crippen molar-refractivity contribution in [1.29, 1.82) is 0 Å². The van der Waals surface area contributed by atoms with Crippen molar-refractivity contribution in [2.75, 3.05) is 11.9 Å². The number of ether oxygens (including phenoxy) is 1. The molecule has 0 saturated carbocycles. The van der Waals surface area contributed by atoms with Crippen LogP contribution in [0.3, 0.4) is 0 Å².